The third kappa shape index (κ3) is 4.30. The van der Waals surface area contributed by atoms with Crippen LogP contribution in [0.4, 0.5) is 22.0 Å². The Hall–Kier alpha value is -3.62. The average molecular weight is 539 g/mol. The first-order valence-electron chi connectivity index (χ1n) is 11.0. The monoisotopic (exact) mass is 539 g/mol. The number of fused-ring (bicyclic) bond motifs is 1. The second-order valence-electron chi connectivity index (χ2n) is 8.59. The van der Waals surface area contributed by atoms with E-state index in [4.69, 9.17) is 0 Å². The summed E-state index contributed by atoms with van der Waals surface area (Å²) in [4.78, 5) is 16.4. The molecule has 194 valence electrons. The molecule has 0 radical (unpaired) electrons. The predicted octanol–water partition coefficient (Wildman–Crippen LogP) is 4.21. The highest BCUT2D eigenvalue weighted by Crippen LogP contribution is 2.44. The molecule has 5 rings (SSSR count). The van der Waals surface area contributed by atoms with Gasteiger partial charge in [0, 0.05) is 30.9 Å². The first-order chi connectivity index (χ1) is 17.3. The van der Waals surface area contributed by atoms with E-state index >= 15 is 0 Å². The molecule has 1 fully saturated rings. The van der Waals surface area contributed by atoms with Gasteiger partial charge in [0.05, 0.1) is 28.1 Å². The molecular formula is C22H18F5N7O2S. The number of imidazole rings is 1. The van der Waals surface area contributed by atoms with Crippen LogP contribution in [0, 0.1) is 0 Å². The summed E-state index contributed by atoms with van der Waals surface area (Å²) in [5.41, 5.74) is -0.804. The van der Waals surface area contributed by atoms with Crippen LogP contribution in [0.15, 0.2) is 35.6 Å². The number of aromatic nitrogens is 7. The molecule has 0 amide bonds. The highest BCUT2D eigenvalue weighted by molar-refractivity contribution is 7.91. The van der Waals surface area contributed by atoms with Crippen LogP contribution >= 0.6 is 0 Å². The molecule has 0 atom stereocenters. The maximum atomic E-state index is 13.9. The number of hydrogen-bond donors (Lipinski definition) is 0. The second-order valence-corrected chi connectivity index (χ2v) is 10.8. The number of halogens is 5. The van der Waals surface area contributed by atoms with Gasteiger partial charge in [0.15, 0.2) is 27.1 Å². The van der Waals surface area contributed by atoms with E-state index in [-0.39, 0.29) is 50.6 Å². The Kier molecular flexibility index (Phi) is 5.73. The van der Waals surface area contributed by atoms with Gasteiger partial charge < -0.3 is 4.57 Å². The highest BCUT2D eigenvalue weighted by Gasteiger charge is 2.59. The van der Waals surface area contributed by atoms with E-state index in [9.17, 15) is 30.4 Å². The zero-order valence-corrected chi connectivity index (χ0v) is 20.1. The molecule has 1 saturated carbocycles. The molecule has 0 saturated heterocycles. The summed E-state index contributed by atoms with van der Waals surface area (Å²) < 4.78 is 93.6. The Morgan fingerprint density at radius 2 is 1.76 bits per heavy atom. The van der Waals surface area contributed by atoms with E-state index in [1.807, 2.05) is 0 Å². The summed E-state index contributed by atoms with van der Waals surface area (Å²) >= 11 is 0. The van der Waals surface area contributed by atoms with E-state index in [0.717, 1.165) is 18.5 Å². The summed E-state index contributed by atoms with van der Waals surface area (Å²) in [5.74, 6) is -5.06. The summed E-state index contributed by atoms with van der Waals surface area (Å²) in [6.07, 6.45) is -0.583. The molecule has 4 heterocycles. The molecule has 0 N–H and O–H groups in total. The van der Waals surface area contributed by atoms with Crippen molar-refractivity contribution in [3.8, 4) is 22.9 Å². The van der Waals surface area contributed by atoms with Crippen LogP contribution < -0.4 is 0 Å². The molecule has 0 aromatic carbocycles. The number of aryl methyl sites for hydroxylation is 1. The number of nitrogens with zero attached hydrogens (tertiary/aromatic N) is 7. The van der Waals surface area contributed by atoms with Gasteiger partial charge >= 0.3 is 12.1 Å². The number of alkyl halides is 5. The molecule has 0 bridgehead atoms. The Bertz CT molecular complexity index is 1630. The van der Waals surface area contributed by atoms with Crippen LogP contribution in [0.2, 0.25) is 0 Å². The van der Waals surface area contributed by atoms with Crippen LogP contribution in [-0.4, -0.2) is 55.0 Å². The van der Waals surface area contributed by atoms with Gasteiger partial charge in [-0.15, -0.1) is 5.10 Å². The minimum atomic E-state index is -5.83. The van der Waals surface area contributed by atoms with Crippen molar-refractivity contribution in [3.05, 3.63) is 42.0 Å². The Morgan fingerprint density at radius 1 is 1.03 bits per heavy atom. The normalized spacial score (nSPS) is 14.9. The average Bonchev–Trinajstić information content (AvgIpc) is 3.67. The maximum Gasteiger partial charge on any atom is 0.458 e. The number of sulfone groups is 1. The lowest BCUT2D eigenvalue weighted by atomic mass is 10.1. The van der Waals surface area contributed by atoms with Gasteiger partial charge in [-0.2, -0.15) is 27.1 Å². The fourth-order valence-electron chi connectivity index (χ4n) is 3.76. The highest BCUT2D eigenvalue weighted by atomic mass is 32.2. The second kappa shape index (κ2) is 8.46. The van der Waals surface area contributed by atoms with E-state index < -0.39 is 27.5 Å². The molecule has 0 spiro atoms. The standard InChI is InChI=1S/C22H18F5N7O2S/c1-3-37(35,36)16-6-12(18-31-15(10-30-33-18)11-4-5-11)8-28-17(16)20-32-14-7-13(9-29-19(14)34(20)2)21(23,24)22(25,26)27/h6-11H,3-5H2,1-2H3. The van der Waals surface area contributed by atoms with Crippen LogP contribution in [0.3, 0.4) is 0 Å². The molecule has 1 aliphatic rings. The SMILES string of the molecule is CCS(=O)(=O)c1cc(-c2nncc(C3CC3)n2)cnc1-c1nc2cc(C(F)(F)C(F)(F)F)cnc2n1C. The molecular weight excluding hydrogens is 521 g/mol. The van der Waals surface area contributed by atoms with Gasteiger partial charge in [0.1, 0.15) is 11.2 Å². The van der Waals surface area contributed by atoms with Crippen molar-refractivity contribution in [1.29, 1.82) is 0 Å². The van der Waals surface area contributed by atoms with Crippen molar-refractivity contribution in [2.24, 2.45) is 7.05 Å². The molecule has 0 unspecified atom stereocenters. The zero-order chi connectivity index (χ0) is 26.8. The molecule has 0 aliphatic heterocycles. The van der Waals surface area contributed by atoms with Crippen molar-refractivity contribution < 1.29 is 30.4 Å². The van der Waals surface area contributed by atoms with Gasteiger partial charge in [0.2, 0.25) is 0 Å². The first-order valence-corrected chi connectivity index (χ1v) is 12.7. The van der Waals surface area contributed by atoms with Gasteiger partial charge in [-0.3, -0.25) is 4.98 Å². The summed E-state index contributed by atoms with van der Waals surface area (Å²) in [7, 11) is -2.49. The van der Waals surface area contributed by atoms with Gasteiger partial charge in [0.25, 0.3) is 0 Å². The molecule has 1 aliphatic carbocycles. The van der Waals surface area contributed by atoms with Gasteiger partial charge in [-0.05, 0) is 25.0 Å². The summed E-state index contributed by atoms with van der Waals surface area (Å²) in [6, 6.07) is 1.90. The van der Waals surface area contributed by atoms with Crippen molar-refractivity contribution >= 4 is 21.0 Å². The lowest BCUT2D eigenvalue weighted by molar-refractivity contribution is -0.289. The minimum absolute atomic E-state index is 0.0351. The molecule has 15 heteroatoms. The largest absolute Gasteiger partial charge is 0.458 e. The quantitative estimate of drug-likeness (QED) is 0.335. The number of pyridine rings is 2. The van der Waals surface area contributed by atoms with Gasteiger partial charge in [-0.25, -0.2) is 23.4 Å². The third-order valence-corrected chi connectivity index (χ3v) is 7.78. The van der Waals surface area contributed by atoms with Crippen LogP contribution in [0.1, 0.15) is 36.9 Å². The van der Waals surface area contributed by atoms with Crippen LogP contribution in [0.25, 0.3) is 34.1 Å². The predicted molar refractivity (Wildman–Crippen MR) is 120 cm³/mol. The number of hydrogen-bond acceptors (Lipinski definition) is 8. The van der Waals surface area contributed by atoms with Crippen molar-refractivity contribution in [2.75, 3.05) is 5.75 Å². The molecule has 4 aromatic rings. The van der Waals surface area contributed by atoms with E-state index in [2.05, 4.69) is 30.1 Å². The fourth-order valence-corrected chi connectivity index (χ4v) is 4.82. The zero-order valence-electron chi connectivity index (χ0n) is 19.3. The van der Waals surface area contributed by atoms with Crippen LogP contribution in [0.5, 0.6) is 0 Å². The van der Waals surface area contributed by atoms with E-state index in [1.54, 1.807) is 6.20 Å². The van der Waals surface area contributed by atoms with Crippen LogP contribution in [-0.2, 0) is 22.8 Å². The topological polar surface area (TPSA) is 116 Å². The Morgan fingerprint density at radius 3 is 2.41 bits per heavy atom. The number of rotatable bonds is 6. The maximum absolute atomic E-state index is 13.9. The smallest absolute Gasteiger partial charge is 0.310 e. The summed E-state index contributed by atoms with van der Waals surface area (Å²) in [6.45, 7) is 1.43. The van der Waals surface area contributed by atoms with E-state index in [0.29, 0.717) is 12.3 Å². The Labute approximate surface area is 206 Å². The van der Waals surface area contributed by atoms with Crippen molar-refractivity contribution in [1.82, 2.24) is 34.7 Å². The molecule has 37 heavy (non-hydrogen) atoms. The summed E-state index contributed by atoms with van der Waals surface area (Å²) in [5, 5.41) is 7.93. The van der Waals surface area contributed by atoms with Crippen molar-refractivity contribution in [2.45, 2.75) is 42.7 Å². The van der Waals surface area contributed by atoms with Gasteiger partial charge in [-0.1, -0.05) is 6.92 Å². The fraction of sp³-hybridized carbons (Fsp3) is 0.364. The first kappa shape index (κ1) is 25.0. The minimum Gasteiger partial charge on any atom is -0.310 e. The van der Waals surface area contributed by atoms with E-state index in [1.165, 1.54) is 30.8 Å². The lowest BCUT2D eigenvalue weighted by Crippen LogP contribution is -2.33. The lowest BCUT2D eigenvalue weighted by Gasteiger charge is -2.19. The molecule has 4 aromatic heterocycles. The Balaban J connectivity index is 1.66. The third-order valence-electron chi connectivity index (χ3n) is 6.04. The van der Waals surface area contributed by atoms with Crippen molar-refractivity contribution in [3.63, 3.8) is 0 Å². The molecule has 9 nitrogen and oxygen atoms in total.